The van der Waals surface area contributed by atoms with Crippen LogP contribution in [0.3, 0.4) is 0 Å². The summed E-state index contributed by atoms with van der Waals surface area (Å²) in [5.41, 5.74) is 0.857. The van der Waals surface area contributed by atoms with Gasteiger partial charge in [-0.2, -0.15) is 18.3 Å². The van der Waals surface area contributed by atoms with E-state index >= 15 is 0 Å². The Morgan fingerprint density at radius 2 is 1.90 bits per heavy atom. The summed E-state index contributed by atoms with van der Waals surface area (Å²) in [5, 5.41) is 21.4. The number of aryl methyl sites for hydroxylation is 1. The van der Waals surface area contributed by atoms with Crippen LogP contribution in [0.15, 0.2) is 64.9 Å². The molecule has 10 nitrogen and oxygen atoms in total. The lowest BCUT2D eigenvalue weighted by Gasteiger charge is -2.12. The third kappa shape index (κ3) is 7.41. The standard InChI is InChI=1S/C27H26F3N7O3/c1-15(14-38)9-21(17-7-8-33-22(10-17)25(39)32-4)36-24(31-3)20-12-19(6-5-16(20)2)35-26(40)23-11-18(13-34-37-23)27(28,29)30/h5-13,15,38H,3,14H2,1-2,4H3,(H,32,39)(H,35,40)/b21-9-,36-24?/t15-/m0/s1. The maximum Gasteiger partial charge on any atom is 0.418 e. The van der Waals surface area contributed by atoms with E-state index in [-0.39, 0.29) is 29.7 Å². The fraction of sp³-hybridized carbons (Fsp3) is 0.222. The summed E-state index contributed by atoms with van der Waals surface area (Å²) in [5.74, 6) is -1.44. The number of aliphatic hydroxyl groups excluding tert-OH is 1. The number of aliphatic hydroxyl groups is 1. The van der Waals surface area contributed by atoms with Crippen molar-refractivity contribution in [2.45, 2.75) is 20.0 Å². The van der Waals surface area contributed by atoms with Gasteiger partial charge in [0.15, 0.2) is 11.5 Å². The van der Waals surface area contributed by atoms with Crippen molar-refractivity contribution in [3.05, 3.63) is 88.5 Å². The van der Waals surface area contributed by atoms with Crippen LogP contribution in [0.5, 0.6) is 0 Å². The van der Waals surface area contributed by atoms with E-state index < -0.39 is 29.2 Å². The molecule has 3 aromatic rings. The van der Waals surface area contributed by atoms with E-state index in [1.165, 1.54) is 19.3 Å². The van der Waals surface area contributed by atoms with Crippen molar-refractivity contribution < 1.29 is 27.9 Å². The molecular formula is C27H26F3N7O3. The number of aromatic nitrogens is 3. The van der Waals surface area contributed by atoms with Crippen LogP contribution in [0.2, 0.25) is 0 Å². The second-order valence-corrected chi connectivity index (χ2v) is 8.63. The summed E-state index contributed by atoms with van der Waals surface area (Å²) in [4.78, 5) is 37.5. The summed E-state index contributed by atoms with van der Waals surface area (Å²) in [6.45, 7) is 6.99. The van der Waals surface area contributed by atoms with Crippen LogP contribution in [0, 0.1) is 12.8 Å². The zero-order valence-electron chi connectivity index (χ0n) is 21.8. The highest BCUT2D eigenvalue weighted by molar-refractivity contribution is 6.07. The molecule has 0 aliphatic heterocycles. The van der Waals surface area contributed by atoms with Crippen LogP contribution in [0.1, 0.15) is 50.2 Å². The molecule has 2 aromatic heterocycles. The molecule has 0 saturated carbocycles. The molecule has 208 valence electrons. The predicted octanol–water partition coefficient (Wildman–Crippen LogP) is 3.93. The smallest absolute Gasteiger partial charge is 0.396 e. The van der Waals surface area contributed by atoms with Crippen molar-refractivity contribution >= 4 is 35.8 Å². The topological polar surface area (TPSA) is 142 Å². The van der Waals surface area contributed by atoms with Gasteiger partial charge in [0.25, 0.3) is 11.8 Å². The number of hydrogen-bond acceptors (Lipinski definition) is 7. The summed E-state index contributed by atoms with van der Waals surface area (Å²) in [6.07, 6.45) is -1.01. The average molecular weight is 554 g/mol. The summed E-state index contributed by atoms with van der Waals surface area (Å²) >= 11 is 0. The maximum absolute atomic E-state index is 13.0. The zero-order valence-corrected chi connectivity index (χ0v) is 21.8. The number of benzene rings is 1. The highest BCUT2D eigenvalue weighted by Gasteiger charge is 2.32. The summed E-state index contributed by atoms with van der Waals surface area (Å²) in [7, 11) is 1.48. The minimum absolute atomic E-state index is 0.155. The Morgan fingerprint density at radius 1 is 1.15 bits per heavy atom. The van der Waals surface area contributed by atoms with E-state index in [2.05, 4.69) is 42.5 Å². The number of pyridine rings is 1. The fourth-order valence-electron chi connectivity index (χ4n) is 3.43. The summed E-state index contributed by atoms with van der Waals surface area (Å²) in [6, 6.07) is 8.56. The molecule has 0 saturated heterocycles. The molecule has 0 aliphatic carbocycles. The van der Waals surface area contributed by atoms with Crippen LogP contribution < -0.4 is 10.6 Å². The van der Waals surface area contributed by atoms with Crippen molar-refractivity contribution in [2.75, 3.05) is 19.0 Å². The molecule has 2 heterocycles. The number of anilines is 1. The monoisotopic (exact) mass is 553 g/mol. The number of amidine groups is 1. The number of rotatable bonds is 8. The molecule has 3 rings (SSSR count). The molecule has 0 spiro atoms. The lowest BCUT2D eigenvalue weighted by Crippen LogP contribution is -2.19. The Bertz CT molecular complexity index is 1490. The number of alkyl halides is 3. The Morgan fingerprint density at radius 3 is 2.55 bits per heavy atom. The number of nitrogens with one attached hydrogen (secondary N) is 2. The second-order valence-electron chi connectivity index (χ2n) is 8.63. The van der Waals surface area contributed by atoms with Crippen LogP contribution >= 0.6 is 0 Å². The van der Waals surface area contributed by atoms with Crippen molar-refractivity contribution in [3.8, 4) is 0 Å². The van der Waals surface area contributed by atoms with Crippen LogP contribution in [0.4, 0.5) is 18.9 Å². The van der Waals surface area contributed by atoms with Crippen LogP contribution in [0.25, 0.3) is 5.70 Å². The van der Waals surface area contributed by atoms with Gasteiger partial charge in [-0.15, -0.1) is 5.10 Å². The first-order valence-electron chi connectivity index (χ1n) is 11.9. The van der Waals surface area contributed by atoms with Gasteiger partial charge < -0.3 is 15.7 Å². The first-order valence-corrected chi connectivity index (χ1v) is 11.9. The molecule has 0 fully saturated rings. The van der Waals surface area contributed by atoms with Gasteiger partial charge in [-0.3, -0.25) is 14.6 Å². The Hall–Kier alpha value is -4.78. The Labute approximate surface area is 227 Å². The number of amides is 2. The SMILES string of the molecule is C=NC(=N/C(=C\[C@H](C)CO)c1ccnc(C(=O)NC)c1)c1cc(NC(=O)c2cc(C(F)(F)F)cnn2)ccc1C. The minimum Gasteiger partial charge on any atom is -0.396 e. The van der Waals surface area contributed by atoms with Crippen molar-refractivity contribution in [2.24, 2.45) is 15.9 Å². The highest BCUT2D eigenvalue weighted by atomic mass is 19.4. The molecule has 3 N–H and O–H groups in total. The van der Waals surface area contributed by atoms with E-state index in [4.69, 9.17) is 0 Å². The molecule has 0 bridgehead atoms. The number of nitrogens with zero attached hydrogens (tertiary/aromatic N) is 5. The Balaban J connectivity index is 2.01. The lowest BCUT2D eigenvalue weighted by molar-refractivity contribution is -0.137. The summed E-state index contributed by atoms with van der Waals surface area (Å²) < 4.78 is 39.1. The van der Waals surface area contributed by atoms with Crippen molar-refractivity contribution in [1.29, 1.82) is 0 Å². The third-order valence-electron chi connectivity index (χ3n) is 5.57. The first-order chi connectivity index (χ1) is 19.0. The molecular weight excluding hydrogens is 527 g/mol. The molecule has 13 heteroatoms. The minimum atomic E-state index is -4.68. The van der Waals surface area contributed by atoms with Gasteiger partial charge in [0.1, 0.15) is 5.69 Å². The largest absolute Gasteiger partial charge is 0.418 e. The van der Waals surface area contributed by atoms with Gasteiger partial charge in [0.2, 0.25) is 0 Å². The normalized spacial score (nSPS) is 13.0. The van der Waals surface area contributed by atoms with E-state index in [1.807, 2.05) is 0 Å². The van der Waals surface area contributed by atoms with Crippen molar-refractivity contribution in [1.82, 2.24) is 20.5 Å². The highest BCUT2D eigenvalue weighted by Crippen LogP contribution is 2.29. The number of hydrogen-bond donors (Lipinski definition) is 3. The van der Waals surface area contributed by atoms with Gasteiger partial charge in [-0.05, 0) is 55.5 Å². The molecule has 1 aromatic carbocycles. The van der Waals surface area contributed by atoms with E-state index in [0.717, 1.165) is 0 Å². The molecule has 0 unspecified atom stereocenters. The zero-order chi connectivity index (χ0) is 29.4. The van der Waals surface area contributed by atoms with Gasteiger partial charge in [-0.25, -0.2) is 9.98 Å². The molecule has 0 aliphatic rings. The predicted molar refractivity (Wildman–Crippen MR) is 144 cm³/mol. The van der Waals surface area contributed by atoms with E-state index in [0.29, 0.717) is 34.7 Å². The van der Waals surface area contributed by atoms with E-state index in [1.54, 1.807) is 44.2 Å². The second kappa shape index (κ2) is 12.8. The van der Waals surface area contributed by atoms with Gasteiger partial charge >= 0.3 is 6.18 Å². The first kappa shape index (κ1) is 29.8. The van der Waals surface area contributed by atoms with Crippen LogP contribution in [-0.2, 0) is 6.18 Å². The third-order valence-corrected chi connectivity index (χ3v) is 5.57. The van der Waals surface area contributed by atoms with Gasteiger partial charge in [0.05, 0.1) is 17.5 Å². The number of aliphatic imine (C=N–C) groups is 2. The van der Waals surface area contributed by atoms with Crippen LogP contribution in [-0.4, -0.2) is 58.3 Å². The number of carbonyl (C=O) groups is 2. The maximum atomic E-state index is 13.0. The number of carbonyl (C=O) groups excluding carboxylic acids is 2. The molecule has 2 amide bonds. The Kier molecular flexibility index (Phi) is 9.56. The van der Waals surface area contributed by atoms with Crippen molar-refractivity contribution in [3.63, 3.8) is 0 Å². The molecule has 1 atom stereocenters. The molecule has 40 heavy (non-hydrogen) atoms. The van der Waals surface area contributed by atoms with Gasteiger partial charge in [0, 0.05) is 36.7 Å². The lowest BCUT2D eigenvalue weighted by atomic mass is 10.0. The quantitative estimate of drug-likeness (QED) is 0.285. The van der Waals surface area contributed by atoms with Gasteiger partial charge in [-0.1, -0.05) is 19.1 Å². The fourth-order valence-corrected chi connectivity index (χ4v) is 3.43. The van der Waals surface area contributed by atoms with E-state index in [9.17, 15) is 27.9 Å². The number of halogens is 3. The average Bonchev–Trinajstić information content (AvgIpc) is 2.95. The molecule has 0 radical (unpaired) electrons.